The fourth-order valence-corrected chi connectivity index (χ4v) is 2.46. The van der Waals surface area contributed by atoms with Gasteiger partial charge >= 0.3 is 13.7 Å². The molecule has 1 aliphatic rings. The summed E-state index contributed by atoms with van der Waals surface area (Å²) in [5.74, 6) is 0. The van der Waals surface area contributed by atoms with E-state index in [2.05, 4.69) is 0 Å². The normalized spacial score (nSPS) is 19.1. The molecule has 0 N–H and O–H groups in total. The van der Waals surface area contributed by atoms with Crippen LogP contribution in [-0.2, 0) is 9.31 Å². The highest BCUT2D eigenvalue weighted by Gasteiger charge is 2.51. The highest BCUT2D eigenvalue weighted by molar-refractivity contribution is 6.62. The third kappa shape index (κ3) is 3.15. The molecule has 1 aromatic heterocycles. The molecule has 3 nitrogen and oxygen atoms in total. The van der Waals surface area contributed by atoms with Gasteiger partial charge in [0.1, 0.15) is 0 Å². The molecular weight excluding hydrogens is 299 g/mol. The molecule has 0 saturated carbocycles. The van der Waals surface area contributed by atoms with Crippen molar-refractivity contribution < 1.29 is 18.1 Å². The lowest BCUT2D eigenvalue weighted by molar-refractivity contribution is 0.00578. The molecule has 0 amide bonds. The summed E-state index contributed by atoms with van der Waals surface area (Å²) < 4.78 is 38.8. The Labute approximate surface area is 136 Å². The number of alkyl halides is 2. The number of rotatable bonds is 2. The van der Waals surface area contributed by atoms with Crippen LogP contribution < -0.4 is 5.46 Å². The predicted octanol–water partition coefficient (Wildman–Crippen LogP) is 4.36. The molecule has 1 fully saturated rings. The second-order valence-electron chi connectivity index (χ2n) is 6.41. The van der Waals surface area contributed by atoms with Crippen molar-refractivity contribution in [1.29, 1.82) is 0 Å². The van der Waals surface area contributed by atoms with Gasteiger partial charge in [-0.15, -0.1) is 0 Å². The molecular formula is C17H24BF2NO2. The Morgan fingerprint density at radius 3 is 2.09 bits per heavy atom. The summed E-state index contributed by atoms with van der Waals surface area (Å²) >= 11 is 0. The van der Waals surface area contributed by atoms with Crippen LogP contribution >= 0.6 is 0 Å². The molecule has 126 valence electrons. The zero-order valence-electron chi connectivity index (χ0n) is 14.6. The molecule has 1 aromatic carbocycles. The molecule has 6 heteroatoms. The van der Waals surface area contributed by atoms with Gasteiger partial charge in [0.15, 0.2) is 0 Å². The Morgan fingerprint density at radius 1 is 1.00 bits per heavy atom. The maximum absolute atomic E-state index is 13.0. The van der Waals surface area contributed by atoms with Gasteiger partial charge in [0.25, 0.3) is 0 Å². The second-order valence-corrected chi connectivity index (χ2v) is 6.41. The van der Waals surface area contributed by atoms with Crippen LogP contribution in [0.25, 0.3) is 10.9 Å². The van der Waals surface area contributed by atoms with Crippen molar-refractivity contribution in [2.45, 2.75) is 59.3 Å². The van der Waals surface area contributed by atoms with E-state index in [-0.39, 0.29) is 0 Å². The SMILES string of the molecule is CC.CC1(C)OB(c2ccc3ccn(C(F)F)c3c2)OC1(C)C. The van der Waals surface area contributed by atoms with E-state index in [0.717, 1.165) is 15.4 Å². The molecule has 2 heterocycles. The largest absolute Gasteiger partial charge is 0.494 e. The maximum Gasteiger partial charge on any atom is 0.494 e. The van der Waals surface area contributed by atoms with Crippen molar-refractivity contribution in [3.63, 3.8) is 0 Å². The van der Waals surface area contributed by atoms with Crippen molar-refractivity contribution in [2.24, 2.45) is 0 Å². The summed E-state index contributed by atoms with van der Waals surface area (Å²) in [4.78, 5) is 0. The fourth-order valence-electron chi connectivity index (χ4n) is 2.46. The monoisotopic (exact) mass is 323 g/mol. The Balaban J connectivity index is 0.000000924. The molecule has 0 radical (unpaired) electrons. The summed E-state index contributed by atoms with van der Waals surface area (Å²) in [6.07, 6.45) is 1.39. The third-order valence-electron chi connectivity index (χ3n) is 4.48. The number of halogens is 2. The van der Waals surface area contributed by atoms with E-state index >= 15 is 0 Å². The summed E-state index contributed by atoms with van der Waals surface area (Å²) in [7, 11) is -0.541. The minimum absolute atomic E-state index is 0.447. The van der Waals surface area contributed by atoms with E-state index in [1.165, 1.54) is 6.20 Å². The van der Waals surface area contributed by atoms with Crippen LogP contribution in [0, 0.1) is 0 Å². The van der Waals surface area contributed by atoms with Crippen LogP contribution in [-0.4, -0.2) is 22.9 Å². The first-order chi connectivity index (χ1) is 10.7. The molecule has 2 aromatic rings. The lowest BCUT2D eigenvalue weighted by Crippen LogP contribution is -2.41. The lowest BCUT2D eigenvalue weighted by Gasteiger charge is -2.32. The van der Waals surface area contributed by atoms with Crippen LogP contribution in [0.15, 0.2) is 30.5 Å². The summed E-state index contributed by atoms with van der Waals surface area (Å²) in [6.45, 7) is 9.30. The number of aromatic nitrogens is 1. The number of hydrogen-bond acceptors (Lipinski definition) is 2. The van der Waals surface area contributed by atoms with Gasteiger partial charge in [-0.05, 0) is 50.7 Å². The van der Waals surface area contributed by atoms with Crippen LogP contribution in [0.5, 0.6) is 0 Å². The number of fused-ring (bicyclic) bond motifs is 1. The van der Waals surface area contributed by atoms with Gasteiger partial charge in [0.05, 0.1) is 16.7 Å². The summed E-state index contributed by atoms with van der Waals surface area (Å²) in [5, 5.41) is 0.774. The van der Waals surface area contributed by atoms with E-state index < -0.39 is 24.9 Å². The van der Waals surface area contributed by atoms with Crippen LogP contribution in [0.2, 0.25) is 0 Å². The zero-order valence-corrected chi connectivity index (χ0v) is 14.6. The zero-order chi connectivity index (χ0) is 17.4. The van der Waals surface area contributed by atoms with Gasteiger partial charge in [0.2, 0.25) is 0 Å². The average Bonchev–Trinajstić information content (AvgIpc) is 2.99. The topological polar surface area (TPSA) is 23.4 Å². The van der Waals surface area contributed by atoms with Gasteiger partial charge < -0.3 is 9.31 Å². The standard InChI is InChI=1S/C15H18BF2NO2.C2H6/c1-14(2)15(3,4)21-16(20-14)11-6-5-10-7-8-19(13(17)18)12(10)9-11;1-2/h5-9,13H,1-4H3;1-2H3. The molecule has 0 bridgehead atoms. The second kappa shape index (κ2) is 6.25. The fraction of sp³-hybridized carbons (Fsp3) is 0.529. The highest BCUT2D eigenvalue weighted by Crippen LogP contribution is 2.36. The molecule has 0 atom stereocenters. The Bertz CT molecular complexity index is 666. The molecule has 23 heavy (non-hydrogen) atoms. The van der Waals surface area contributed by atoms with E-state index in [4.69, 9.17) is 9.31 Å². The van der Waals surface area contributed by atoms with Crippen molar-refractivity contribution in [3.05, 3.63) is 30.5 Å². The van der Waals surface area contributed by atoms with Crippen molar-refractivity contribution in [1.82, 2.24) is 4.57 Å². The van der Waals surface area contributed by atoms with Gasteiger partial charge in [-0.1, -0.05) is 26.0 Å². The van der Waals surface area contributed by atoms with Gasteiger partial charge in [-0.3, -0.25) is 4.57 Å². The first kappa shape index (κ1) is 18.0. The van der Waals surface area contributed by atoms with Crippen molar-refractivity contribution in [2.75, 3.05) is 0 Å². The van der Waals surface area contributed by atoms with Gasteiger partial charge in [-0.25, -0.2) is 0 Å². The third-order valence-corrected chi connectivity index (χ3v) is 4.48. The molecule has 1 aliphatic heterocycles. The molecule has 0 spiro atoms. The summed E-state index contributed by atoms with van der Waals surface area (Å²) in [6, 6.07) is 7.06. The van der Waals surface area contributed by atoms with Crippen LogP contribution in [0.3, 0.4) is 0 Å². The van der Waals surface area contributed by atoms with E-state index in [1.54, 1.807) is 12.1 Å². The van der Waals surface area contributed by atoms with E-state index in [0.29, 0.717) is 5.52 Å². The number of hydrogen-bond donors (Lipinski definition) is 0. The Kier molecular flexibility index (Phi) is 4.88. The summed E-state index contributed by atoms with van der Waals surface area (Å²) in [5.41, 5.74) is 0.341. The lowest BCUT2D eigenvalue weighted by atomic mass is 9.79. The minimum atomic E-state index is -2.56. The van der Waals surface area contributed by atoms with Crippen molar-refractivity contribution >= 4 is 23.5 Å². The maximum atomic E-state index is 13.0. The minimum Gasteiger partial charge on any atom is -0.399 e. The smallest absolute Gasteiger partial charge is 0.399 e. The number of benzene rings is 1. The van der Waals surface area contributed by atoms with Crippen molar-refractivity contribution in [3.8, 4) is 0 Å². The van der Waals surface area contributed by atoms with Crippen LogP contribution in [0.1, 0.15) is 48.1 Å². The molecule has 3 rings (SSSR count). The number of nitrogens with zero attached hydrogens (tertiary/aromatic N) is 1. The predicted molar refractivity (Wildman–Crippen MR) is 90.3 cm³/mol. The van der Waals surface area contributed by atoms with Crippen LogP contribution in [0.4, 0.5) is 8.78 Å². The quantitative estimate of drug-likeness (QED) is 0.767. The van der Waals surface area contributed by atoms with Gasteiger partial charge in [0, 0.05) is 6.20 Å². The highest BCUT2D eigenvalue weighted by atomic mass is 19.3. The Hall–Kier alpha value is -1.40. The molecule has 0 aliphatic carbocycles. The van der Waals surface area contributed by atoms with Gasteiger partial charge in [-0.2, -0.15) is 8.78 Å². The molecule has 1 saturated heterocycles. The van der Waals surface area contributed by atoms with E-state index in [9.17, 15) is 8.78 Å². The first-order valence-electron chi connectivity index (χ1n) is 7.95. The average molecular weight is 323 g/mol. The first-order valence-corrected chi connectivity index (χ1v) is 7.95. The Morgan fingerprint density at radius 2 is 1.57 bits per heavy atom. The molecule has 0 unspecified atom stereocenters. The van der Waals surface area contributed by atoms with E-state index in [1.807, 2.05) is 53.7 Å².